The second kappa shape index (κ2) is 7.02. The molecule has 0 unspecified atom stereocenters. The normalized spacial score (nSPS) is 11.1. The Morgan fingerprint density at radius 3 is 2.67 bits per heavy atom. The molecule has 2 amide bonds. The van der Waals surface area contributed by atoms with Crippen molar-refractivity contribution in [3.63, 3.8) is 0 Å². The van der Waals surface area contributed by atoms with E-state index in [-0.39, 0.29) is 12.1 Å². The molecular weight excluding hydrogens is 289 g/mol. The third-order valence-corrected chi connectivity index (χ3v) is 2.49. The molecule has 116 valence electrons. The summed E-state index contributed by atoms with van der Waals surface area (Å²) in [6, 6.07) is 2.90. The molecule has 1 aromatic rings. The van der Waals surface area contributed by atoms with Crippen LogP contribution in [0.25, 0.3) is 0 Å². The van der Waals surface area contributed by atoms with Gasteiger partial charge >= 0.3 is 6.18 Å². The highest BCUT2D eigenvalue weighted by Crippen LogP contribution is 2.12. The van der Waals surface area contributed by atoms with E-state index in [1.165, 1.54) is 25.4 Å². The molecule has 0 aliphatic carbocycles. The monoisotopic (exact) mass is 304 g/mol. The van der Waals surface area contributed by atoms with E-state index in [0.29, 0.717) is 5.69 Å². The van der Waals surface area contributed by atoms with Gasteiger partial charge in [0.15, 0.2) is 0 Å². The fourth-order valence-corrected chi connectivity index (χ4v) is 1.49. The summed E-state index contributed by atoms with van der Waals surface area (Å²) in [6.07, 6.45) is -3.09. The fourth-order valence-electron chi connectivity index (χ4n) is 1.49. The molecule has 1 heterocycles. The smallest absolute Gasteiger partial charge is 0.345 e. The number of aromatic nitrogens is 1. The lowest BCUT2D eigenvalue weighted by Crippen LogP contribution is -2.41. The zero-order valence-electron chi connectivity index (χ0n) is 11.3. The van der Waals surface area contributed by atoms with Gasteiger partial charge in [0.1, 0.15) is 6.54 Å². The fraction of sp³-hybridized carbons (Fsp3) is 0.417. The molecule has 0 bridgehead atoms. The molecule has 3 N–H and O–H groups in total. The number of likely N-dealkylation sites (N-methyl/N-ethyl adjacent to an activating group) is 1. The van der Waals surface area contributed by atoms with Gasteiger partial charge in [0.2, 0.25) is 5.91 Å². The zero-order chi connectivity index (χ0) is 16.0. The highest BCUT2D eigenvalue weighted by atomic mass is 19.4. The van der Waals surface area contributed by atoms with Crippen LogP contribution in [0.1, 0.15) is 16.1 Å². The number of pyridine rings is 1. The standard InChI is InChI=1S/C12H15F3N4O2/c1-19(6-10(20)18-7-12(13,14)15)11(21)8-2-3-17-9(4-8)5-16/h2-4H,5-7,16H2,1H3,(H,18,20). The van der Waals surface area contributed by atoms with Crippen LogP contribution in [0.2, 0.25) is 0 Å². The van der Waals surface area contributed by atoms with Crippen molar-refractivity contribution in [2.24, 2.45) is 5.73 Å². The first-order valence-electron chi connectivity index (χ1n) is 5.97. The van der Waals surface area contributed by atoms with E-state index in [1.807, 2.05) is 0 Å². The van der Waals surface area contributed by atoms with Crippen LogP contribution >= 0.6 is 0 Å². The number of carbonyl (C=O) groups is 2. The first-order valence-corrected chi connectivity index (χ1v) is 5.97. The molecule has 1 aromatic heterocycles. The van der Waals surface area contributed by atoms with Crippen molar-refractivity contribution in [1.29, 1.82) is 0 Å². The Kier molecular flexibility index (Phi) is 5.65. The first-order chi connectivity index (χ1) is 9.73. The maximum atomic E-state index is 12.0. The van der Waals surface area contributed by atoms with Crippen molar-refractivity contribution in [3.05, 3.63) is 29.6 Å². The minimum Gasteiger partial charge on any atom is -0.345 e. The molecule has 0 aliphatic heterocycles. The number of carbonyl (C=O) groups excluding carboxylic acids is 2. The van der Waals surface area contributed by atoms with Crippen LogP contribution in [0.15, 0.2) is 18.3 Å². The highest BCUT2D eigenvalue weighted by Gasteiger charge is 2.28. The van der Waals surface area contributed by atoms with E-state index in [1.54, 1.807) is 5.32 Å². The molecule has 0 atom stereocenters. The Balaban J connectivity index is 2.60. The summed E-state index contributed by atoms with van der Waals surface area (Å²) < 4.78 is 35.8. The van der Waals surface area contributed by atoms with Gasteiger partial charge in [-0.25, -0.2) is 0 Å². The Morgan fingerprint density at radius 1 is 1.43 bits per heavy atom. The number of hydrogen-bond acceptors (Lipinski definition) is 4. The summed E-state index contributed by atoms with van der Waals surface area (Å²) in [4.78, 5) is 28.3. The van der Waals surface area contributed by atoms with Gasteiger partial charge < -0.3 is 16.0 Å². The summed E-state index contributed by atoms with van der Waals surface area (Å²) in [5.41, 5.74) is 6.15. The molecule has 6 nitrogen and oxygen atoms in total. The molecule has 0 fully saturated rings. The number of hydrogen-bond donors (Lipinski definition) is 2. The van der Waals surface area contributed by atoms with E-state index in [2.05, 4.69) is 4.98 Å². The van der Waals surface area contributed by atoms with Gasteiger partial charge in [-0.2, -0.15) is 13.2 Å². The number of halogens is 3. The van der Waals surface area contributed by atoms with Crippen molar-refractivity contribution in [2.45, 2.75) is 12.7 Å². The van der Waals surface area contributed by atoms with Crippen molar-refractivity contribution < 1.29 is 22.8 Å². The number of rotatable bonds is 5. The highest BCUT2D eigenvalue weighted by molar-refractivity contribution is 5.96. The van der Waals surface area contributed by atoms with Crippen LogP contribution < -0.4 is 11.1 Å². The summed E-state index contributed by atoms with van der Waals surface area (Å²) in [5.74, 6) is -1.40. The van der Waals surface area contributed by atoms with Crippen LogP contribution in [0.3, 0.4) is 0 Å². The van der Waals surface area contributed by atoms with Crippen LogP contribution in [0.5, 0.6) is 0 Å². The number of nitrogens with two attached hydrogens (primary N) is 1. The third kappa shape index (κ3) is 5.78. The molecule has 0 spiro atoms. The minimum atomic E-state index is -4.49. The molecule has 0 aromatic carbocycles. The van der Waals surface area contributed by atoms with Crippen molar-refractivity contribution in [3.8, 4) is 0 Å². The van der Waals surface area contributed by atoms with Gasteiger partial charge in [0.05, 0.1) is 12.2 Å². The molecule has 9 heteroatoms. The average Bonchev–Trinajstić information content (AvgIpc) is 2.43. The van der Waals surface area contributed by atoms with Gasteiger partial charge in [-0.15, -0.1) is 0 Å². The summed E-state index contributed by atoms with van der Waals surface area (Å²) in [5, 5.41) is 1.69. The van der Waals surface area contributed by atoms with Gasteiger partial charge in [-0.05, 0) is 12.1 Å². The number of nitrogens with zero attached hydrogens (tertiary/aromatic N) is 2. The maximum Gasteiger partial charge on any atom is 0.405 e. The number of alkyl halides is 3. The molecule has 21 heavy (non-hydrogen) atoms. The lowest BCUT2D eigenvalue weighted by atomic mass is 10.2. The molecule has 0 saturated carbocycles. The molecule has 0 saturated heterocycles. The lowest BCUT2D eigenvalue weighted by Gasteiger charge is -2.17. The van der Waals surface area contributed by atoms with E-state index >= 15 is 0 Å². The number of amides is 2. The molecule has 0 radical (unpaired) electrons. The molecule has 0 aliphatic rings. The van der Waals surface area contributed by atoms with Crippen LogP contribution in [-0.4, -0.2) is 48.0 Å². The Morgan fingerprint density at radius 2 is 2.10 bits per heavy atom. The summed E-state index contributed by atoms with van der Waals surface area (Å²) >= 11 is 0. The quantitative estimate of drug-likeness (QED) is 0.818. The SMILES string of the molecule is CN(CC(=O)NCC(F)(F)F)C(=O)c1ccnc(CN)c1. The van der Waals surface area contributed by atoms with E-state index < -0.39 is 31.1 Å². The summed E-state index contributed by atoms with van der Waals surface area (Å²) in [7, 11) is 1.32. The number of nitrogens with one attached hydrogen (secondary N) is 1. The largest absolute Gasteiger partial charge is 0.405 e. The van der Waals surface area contributed by atoms with Crippen molar-refractivity contribution in [2.75, 3.05) is 20.1 Å². The van der Waals surface area contributed by atoms with Crippen LogP contribution in [-0.2, 0) is 11.3 Å². The van der Waals surface area contributed by atoms with Crippen molar-refractivity contribution in [1.82, 2.24) is 15.2 Å². The Labute approximate surface area is 119 Å². The van der Waals surface area contributed by atoms with E-state index in [4.69, 9.17) is 5.73 Å². The van der Waals surface area contributed by atoms with Gasteiger partial charge in [0.25, 0.3) is 5.91 Å². The molecule has 1 rings (SSSR count). The van der Waals surface area contributed by atoms with Gasteiger partial charge in [-0.3, -0.25) is 14.6 Å². The van der Waals surface area contributed by atoms with E-state index in [0.717, 1.165) is 4.90 Å². The van der Waals surface area contributed by atoms with Crippen LogP contribution in [0, 0.1) is 0 Å². The Hall–Kier alpha value is -2.16. The average molecular weight is 304 g/mol. The zero-order valence-corrected chi connectivity index (χ0v) is 11.3. The maximum absolute atomic E-state index is 12.0. The molecular formula is C12H15F3N4O2. The predicted octanol–water partition coefficient (Wildman–Crippen LogP) is 0.291. The third-order valence-electron chi connectivity index (χ3n) is 2.49. The second-order valence-corrected chi connectivity index (χ2v) is 4.29. The minimum absolute atomic E-state index is 0.150. The lowest BCUT2D eigenvalue weighted by molar-refractivity contribution is -0.138. The first kappa shape index (κ1) is 16.9. The van der Waals surface area contributed by atoms with Crippen molar-refractivity contribution >= 4 is 11.8 Å². The summed E-state index contributed by atoms with van der Waals surface area (Å²) in [6.45, 7) is -1.76. The topological polar surface area (TPSA) is 88.3 Å². The van der Waals surface area contributed by atoms with E-state index in [9.17, 15) is 22.8 Å². The predicted molar refractivity (Wildman–Crippen MR) is 68.2 cm³/mol. The second-order valence-electron chi connectivity index (χ2n) is 4.29. The van der Waals surface area contributed by atoms with Gasteiger partial charge in [-0.1, -0.05) is 0 Å². The van der Waals surface area contributed by atoms with Crippen LogP contribution in [0.4, 0.5) is 13.2 Å². The van der Waals surface area contributed by atoms with Gasteiger partial charge in [0, 0.05) is 25.4 Å². The Bertz CT molecular complexity index is 519.